The van der Waals surface area contributed by atoms with E-state index >= 15 is 0 Å². The van der Waals surface area contributed by atoms with Crippen molar-refractivity contribution < 1.29 is 9.34 Å². The van der Waals surface area contributed by atoms with E-state index in [1.807, 2.05) is 6.07 Å². The Balaban J connectivity index is 1.33. The lowest BCUT2D eigenvalue weighted by molar-refractivity contribution is -0.384. The molecule has 1 aliphatic carbocycles. The van der Waals surface area contributed by atoms with Gasteiger partial charge in [0.05, 0.1) is 11.5 Å². The molecule has 2 aromatic rings. The highest BCUT2D eigenvalue weighted by atomic mass is 16.6. The molecule has 2 aliphatic heterocycles. The lowest BCUT2D eigenvalue weighted by Crippen LogP contribution is -2.59. The van der Waals surface area contributed by atoms with Gasteiger partial charge in [0, 0.05) is 42.9 Å². The molecule has 0 radical (unpaired) electrons. The number of non-ortho nitro benzene ring substituents is 1. The lowest BCUT2D eigenvalue weighted by Gasteiger charge is -2.49. The van der Waals surface area contributed by atoms with Gasteiger partial charge in [0.25, 0.3) is 5.69 Å². The minimum atomic E-state index is -0.370. The molecule has 1 saturated carbocycles. The molecule has 5 rings (SSSR count). The molecule has 0 amide bonds. The van der Waals surface area contributed by atoms with E-state index in [9.17, 15) is 10.1 Å². The number of hydrogen-bond donors (Lipinski definition) is 0. The molecule has 0 spiro atoms. The van der Waals surface area contributed by atoms with Crippen LogP contribution < -0.4 is 0 Å². The highest BCUT2D eigenvalue weighted by Gasteiger charge is 2.43. The molecule has 6 nitrogen and oxygen atoms in total. The summed E-state index contributed by atoms with van der Waals surface area (Å²) < 4.78 is 6.19. The number of benzene rings is 1. The zero-order valence-electron chi connectivity index (χ0n) is 17.5. The van der Waals surface area contributed by atoms with Gasteiger partial charge in [-0.3, -0.25) is 19.9 Å². The molecule has 3 heterocycles. The summed E-state index contributed by atoms with van der Waals surface area (Å²) in [5.41, 5.74) is 0.992. The first-order chi connectivity index (χ1) is 14.7. The summed E-state index contributed by atoms with van der Waals surface area (Å²) in [6, 6.07) is 12.0. The van der Waals surface area contributed by atoms with Gasteiger partial charge >= 0.3 is 0 Å². The first kappa shape index (κ1) is 19.8. The maximum atomic E-state index is 10.9. The SMILES string of the molecule is O=[N+]([O-])c1ccc(-c2ccc(CN3CCN4CCC[C@@H]4[C@@H]3C3CCCCC3)o2)cc1. The fourth-order valence-electron chi connectivity index (χ4n) is 6.00. The first-order valence-electron chi connectivity index (χ1n) is 11.5. The predicted octanol–water partition coefficient (Wildman–Crippen LogP) is 5.08. The molecular weight excluding hydrogens is 378 g/mol. The molecule has 1 aromatic carbocycles. The Kier molecular flexibility index (Phi) is 5.61. The molecule has 2 saturated heterocycles. The maximum Gasteiger partial charge on any atom is 0.269 e. The second-order valence-electron chi connectivity index (χ2n) is 9.17. The number of piperazine rings is 1. The molecule has 30 heavy (non-hydrogen) atoms. The van der Waals surface area contributed by atoms with Crippen LogP contribution in [0.15, 0.2) is 40.8 Å². The highest BCUT2D eigenvalue weighted by Crippen LogP contribution is 2.38. The molecule has 0 unspecified atom stereocenters. The van der Waals surface area contributed by atoms with Crippen molar-refractivity contribution in [3.63, 3.8) is 0 Å². The largest absolute Gasteiger partial charge is 0.460 e. The Hall–Kier alpha value is -2.18. The standard InChI is InChI=1S/C24H31N3O3/c28-27(29)20-10-8-18(9-11-20)23-13-12-21(30-23)17-26-16-15-25-14-4-7-22(25)24(26)19-5-2-1-3-6-19/h8-13,19,22,24H,1-7,14-17H2/t22-,24+/m1/s1. The van der Waals surface area contributed by atoms with Gasteiger partial charge in [-0.2, -0.15) is 0 Å². The molecule has 0 N–H and O–H groups in total. The van der Waals surface area contributed by atoms with E-state index in [0.717, 1.165) is 36.1 Å². The van der Waals surface area contributed by atoms with Gasteiger partial charge in [0.15, 0.2) is 0 Å². The molecule has 6 heteroatoms. The van der Waals surface area contributed by atoms with Crippen LogP contribution in [0.5, 0.6) is 0 Å². The number of nitro groups is 1. The molecule has 0 bridgehead atoms. The Morgan fingerprint density at radius 2 is 1.73 bits per heavy atom. The topological polar surface area (TPSA) is 62.8 Å². The van der Waals surface area contributed by atoms with Gasteiger partial charge in [-0.25, -0.2) is 0 Å². The Morgan fingerprint density at radius 3 is 2.50 bits per heavy atom. The summed E-state index contributed by atoms with van der Waals surface area (Å²) in [7, 11) is 0. The summed E-state index contributed by atoms with van der Waals surface area (Å²) in [6.07, 6.45) is 9.58. The van der Waals surface area contributed by atoms with Crippen LogP contribution in [0.3, 0.4) is 0 Å². The summed E-state index contributed by atoms with van der Waals surface area (Å²) in [4.78, 5) is 15.9. The van der Waals surface area contributed by atoms with Crippen LogP contribution in [0, 0.1) is 16.0 Å². The van der Waals surface area contributed by atoms with E-state index in [0.29, 0.717) is 12.1 Å². The van der Waals surface area contributed by atoms with E-state index in [1.54, 1.807) is 12.1 Å². The average Bonchev–Trinajstić information content (AvgIpc) is 3.44. The quantitative estimate of drug-likeness (QED) is 0.509. The second-order valence-corrected chi connectivity index (χ2v) is 9.17. The Morgan fingerprint density at radius 1 is 0.933 bits per heavy atom. The molecule has 3 aliphatic rings. The smallest absolute Gasteiger partial charge is 0.269 e. The van der Waals surface area contributed by atoms with Crippen molar-refractivity contribution in [3.05, 3.63) is 52.3 Å². The van der Waals surface area contributed by atoms with Gasteiger partial charge in [-0.15, -0.1) is 0 Å². The van der Waals surface area contributed by atoms with Gasteiger partial charge in [0.1, 0.15) is 11.5 Å². The van der Waals surface area contributed by atoms with Gasteiger partial charge in [0.2, 0.25) is 0 Å². The zero-order chi connectivity index (χ0) is 20.5. The predicted molar refractivity (Wildman–Crippen MR) is 116 cm³/mol. The number of hydrogen-bond acceptors (Lipinski definition) is 5. The van der Waals surface area contributed by atoms with Gasteiger partial charge < -0.3 is 4.42 Å². The van der Waals surface area contributed by atoms with Crippen molar-refractivity contribution in [1.29, 1.82) is 0 Å². The van der Waals surface area contributed by atoms with Crippen LogP contribution in [-0.2, 0) is 6.54 Å². The Bertz CT molecular complexity index is 872. The fourth-order valence-corrected chi connectivity index (χ4v) is 6.00. The highest BCUT2D eigenvalue weighted by molar-refractivity contribution is 5.59. The van der Waals surface area contributed by atoms with Crippen LogP contribution in [0.2, 0.25) is 0 Å². The van der Waals surface area contributed by atoms with Gasteiger partial charge in [-0.1, -0.05) is 19.3 Å². The van der Waals surface area contributed by atoms with E-state index in [2.05, 4.69) is 15.9 Å². The maximum absolute atomic E-state index is 10.9. The Labute approximate surface area is 178 Å². The molecule has 160 valence electrons. The number of nitrogens with zero attached hydrogens (tertiary/aromatic N) is 3. The van der Waals surface area contributed by atoms with Crippen LogP contribution in [0.1, 0.15) is 50.7 Å². The van der Waals surface area contributed by atoms with E-state index in [4.69, 9.17) is 4.42 Å². The normalized spacial score (nSPS) is 26.0. The lowest BCUT2D eigenvalue weighted by atomic mass is 9.78. The van der Waals surface area contributed by atoms with Crippen LogP contribution in [0.25, 0.3) is 11.3 Å². The van der Waals surface area contributed by atoms with Crippen molar-refractivity contribution in [2.75, 3.05) is 19.6 Å². The third-order valence-electron chi connectivity index (χ3n) is 7.42. The molecule has 1 aromatic heterocycles. The van der Waals surface area contributed by atoms with Crippen molar-refractivity contribution in [3.8, 4) is 11.3 Å². The molecule has 3 fully saturated rings. The summed E-state index contributed by atoms with van der Waals surface area (Å²) in [5, 5.41) is 10.9. The van der Waals surface area contributed by atoms with Crippen molar-refractivity contribution in [2.24, 2.45) is 5.92 Å². The summed E-state index contributed by atoms with van der Waals surface area (Å²) >= 11 is 0. The minimum absolute atomic E-state index is 0.107. The minimum Gasteiger partial charge on any atom is -0.460 e. The third-order valence-corrected chi connectivity index (χ3v) is 7.42. The van der Waals surface area contributed by atoms with E-state index < -0.39 is 0 Å². The van der Waals surface area contributed by atoms with Crippen LogP contribution in [0.4, 0.5) is 5.69 Å². The molecule has 2 atom stereocenters. The number of furan rings is 1. The zero-order valence-corrected chi connectivity index (χ0v) is 17.5. The summed E-state index contributed by atoms with van der Waals surface area (Å²) in [5.74, 6) is 2.60. The van der Waals surface area contributed by atoms with Crippen molar-refractivity contribution in [1.82, 2.24) is 9.80 Å². The number of rotatable bonds is 5. The van der Waals surface area contributed by atoms with E-state index in [-0.39, 0.29) is 10.6 Å². The first-order valence-corrected chi connectivity index (χ1v) is 11.5. The average molecular weight is 410 g/mol. The van der Waals surface area contributed by atoms with Crippen LogP contribution in [-0.4, -0.2) is 46.4 Å². The third kappa shape index (κ3) is 3.91. The number of fused-ring (bicyclic) bond motifs is 1. The van der Waals surface area contributed by atoms with Crippen molar-refractivity contribution >= 4 is 5.69 Å². The fraction of sp³-hybridized carbons (Fsp3) is 0.583. The second kappa shape index (κ2) is 8.52. The van der Waals surface area contributed by atoms with Gasteiger partial charge in [-0.05, 0) is 62.4 Å². The summed E-state index contributed by atoms with van der Waals surface area (Å²) in [6.45, 7) is 4.42. The monoisotopic (exact) mass is 409 g/mol. The molecular formula is C24H31N3O3. The van der Waals surface area contributed by atoms with E-state index in [1.165, 1.54) is 70.2 Å². The number of nitro benzene ring substituents is 1. The van der Waals surface area contributed by atoms with Crippen molar-refractivity contribution in [2.45, 2.75) is 63.6 Å². The van der Waals surface area contributed by atoms with Crippen LogP contribution >= 0.6 is 0 Å².